The Kier molecular flexibility index (Phi) is 5.13. The van der Waals surface area contributed by atoms with Gasteiger partial charge in [-0.3, -0.25) is 4.79 Å². The molecule has 0 aliphatic carbocycles. The van der Waals surface area contributed by atoms with Gasteiger partial charge in [-0.2, -0.15) is 13.2 Å². The van der Waals surface area contributed by atoms with Gasteiger partial charge in [0.1, 0.15) is 17.9 Å². The second-order valence-electron chi connectivity index (χ2n) is 7.48. The van der Waals surface area contributed by atoms with Crippen LogP contribution in [0.3, 0.4) is 0 Å². The Labute approximate surface area is 171 Å². The molecule has 0 bridgehead atoms. The number of rotatable bonds is 3. The van der Waals surface area contributed by atoms with Gasteiger partial charge < -0.3 is 14.6 Å². The lowest BCUT2D eigenvalue weighted by molar-refractivity contribution is -0.137. The second-order valence-corrected chi connectivity index (χ2v) is 7.48. The Balaban J connectivity index is 1.57. The maximum atomic E-state index is 13.2. The molecule has 1 fully saturated rings. The van der Waals surface area contributed by atoms with Gasteiger partial charge in [0.2, 0.25) is 11.6 Å². The molecule has 0 saturated carbocycles. The van der Waals surface area contributed by atoms with Crippen LogP contribution in [0.1, 0.15) is 29.7 Å². The van der Waals surface area contributed by atoms with Crippen molar-refractivity contribution in [2.24, 2.45) is 5.92 Å². The van der Waals surface area contributed by atoms with E-state index in [1.807, 2.05) is 18.7 Å². The predicted octanol–water partition coefficient (Wildman–Crippen LogP) is 4.71. The van der Waals surface area contributed by atoms with Crippen LogP contribution in [0.5, 0.6) is 0 Å². The third-order valence-corrected chi connectivity index (χ3v) is 5.53. The molecular weight excluding hydrogens is 397 g/mol. The molecule has 158 valence electrons. The molecule has 4 rings (SSSR count). The Morgan fingerprint density at radius 3 is 2.77 bits per heavy atom. The standard InChI is InChI=1S/C21H21F3N4O2/c1-12-13(2)30-20-17(12)18(25-11-26-20)28-9-5-6-14(10-28)19(29)27-16-8-4-3-7-15(16)21(22,23)24/h3-4,7-8,11,14H,5-6,9-10H2,1-2H3,(H,27,29)/t14-/m1/s1. The summed E-state index contributed by atoms with van der Waals surface area (Å²) in [6.45, 7) is 4.83. The Morgan fingerprint density at radius 2 is 2.00 bits per heavy atom. The number of anilines is 2. The van der Waals surface area contributed by atoms with Gasteiger partial charge >= 0.3 is 6.18 Å². The molecule has 1 N–H and O–H groups in total. The first-order valence-electron chi connectivity index (χ1n) is 9.68. The fourth-order valence-corrected chi connectivity index (χ4v) is 3.86. The fourth-order valence-electron chi connectivity index (χ4n) is 3.86. The average molecular weight is 418 g/mol. The lowest BCUT2D eigenvalue weighted by atomic mass is 9.96. The summed E-state index contributed by atoms with van der Waals surface area (Å²) in [6, 6.07) is 5.01. The first-order valence-corrected chi connectivity index (χ1v) is 9.68. The topological polar surface area (TPSA) is 71.3 Å². The summed E-state index contributed by atoms with van der Waals surface area (Å²) in [5, 5.41) is 3.28. The molecule has 1 aliphatic heterocycles. The first kappa shape index (κ1) is 20.2. The summed E-state index contributed by atoms with van der Waals surface area (Å²) in [6.07, 6.45) is -1.80. The maximum Gasteiger partial charge on any atom is 0.418 e. The highest BCUT2D eigenvalue weighted by Gasteiger charge is 2.35. The minimum absolute atomic E-state index is 0.224. The molecule has 9 heteroatoms. The number of hydrogen-bond acceptors (Lipinski definition) is 5. The van der Waals surface area contributed by atoms with Crippen LogP contribution in [0.25, 0.3) is 11.1 Å². The number of carbonyl (C=O) groups excluding carboxylic acids is 1. The highest BCUT2D eigenvalue weighted by atomic mass is 19.4. The number of aryl methyl sites for hydroxylation is 2. The van der Waals surface area contributed by atoms with Gasteiger partial charge in [-0.1, -0.05) is 12.1 Å². The molecule has 1 aliphatic rings. The monoisotopic (exact) mass is 418 g/mol. The van der Waals surface area contributed by atoms with E-state index < -0.39 is 23.6 Å². The molecule has 0 radical (unpaired) electrons. The zero-order valence-electron chi connectivity index (χ0n) is 16.6. The summed E-state index contributed by atoms with van der Waals surface area (Å²) >= 11 is 0. The van der Waals surface area contributed by atoms with Crippen molar-refractivity contribution in [3.05, 3.63) is 47.5 Å². The molecule has 1 aromatic carbocycles. The largest absolute Gasteiger partial charge is 0.443 e. The van der Waals surface area contributed by atoms with Gasteiger partial charge in [0.25, 0.3) is 0 Å². The molecule has 0 unspecified atom stereocenters. The lowest BCUT2D eigenvalue weighted by Crippen LogP contribution is -2.41. The number of nitrogens with zero attached hydrogens (tertiary/aromatic N) is 3. The summed E-state index contributed by atoms with van der Waals surface area (Å²) in [5.74, 6) is 0.546. The first-order chi connectivity index (χ1) is 14.3. The van der Waals surface area contributed by atoms with Crippen molar-refractivity contribution in [1.82, 2.24) is 9.97 Å². The van der Waals surface area contributed by atoms with Crippen LogP contribution < -0.4 is 10.2 Å². The number of benzene rings is 1. The zero-order chi connectivity index (χ0) is 21.5. The van der Waals surface area contributed by atoms with E-state index in [1.54, 1.807) is 0 Å². The van der Waals surface area contributed by atoms with E-state index in [0.29, 0.717) is 31.0 Å². The SMILES string of the molecule is Cc1oc2ncnc(N3CCC[C@@H](C(=O)Nc4ccccc4C(F)(F)F)C3)c2c1C. The highest BCUT2D eigenvalue weighted by molar-refractivity contribution is 5.94. The number of fused-ring (bicyclic) bond motifs is 1. The molecule has 1 saturated heterocycles. The number of amides is 1. The van der Waals surface area contributed by atoms with Crippen molar-refractivity contribution in [2.75, 3.05) is 23.3 Å². The summed E-state index contributed by atoms with van der Waals surface area (Å²) in [7, 11) is 0. The number of piperidine rings is 1. The van der Waals surface area contributed by atoms with Crippen molar-refractivity contribution in [1.29, 1.82) is 0 Å². The van der Waals surface area contributed by atoms with Crippen molar-refractivity contribution < 1.29 is 22.4 Å². The number of para-hydroxylation sites is 1. The van der Waals surface area contributed by atoms with Gasteiger partial charge in [-0.25, -0.2) is 9.97 Å². The summed E-state index contributed by atoms with van der Waals surface area (Å²) < 4.78 is 45.4. The second kappa shape index (κ2) is 7.62. The van der Waals surface area contributed by atoms with Crippen molar-refractivity contribution in [3.63, 3.8) is 0 Å². The average Bonchev–Trinajstić information content (AvgIpc) is 3.01. The number of hydrogen-bond donors (Lipinski definition) is 1. The molecule has 1 amide bonds. The highest BCUT2D eigenvalue weighted by Crippen LogP contribution is 2.36. The third-order valence-electron chi connectivity index (χ3n) is 5.53. The zero-order valence-corrected chi connectivity index (χ0v) is 16.6. The Hall–Kier alpha value is -3.10. The maximum absolute atomic E-state index is 13.2. The van der Waals surface area contributed by atoms with Crippen LogP contribution in [-0.4, -0.2) is 29.0 Å². The van der Waals surface area contributed by atoms with Crippen LogP contribution >= 0.6 is 0 Å². The van der Waals surface area contributed by atoms with Gasteiger partial charge in [0, 0.05) is 18.7 Å². The fraction of sp³-hybridized carbons (Fsp3) is 0.381. The predicted molar refractivity (Wildman–Crippen MR) is 106 cm³/mol. The van der Waals surface area contributed by atoms with Gasteiger partial charge in [-0.15, -0.1) is 0 Å². The third kappa shape index (κ3) is 3.71. The van der Waals surface area contributed by atoms with Crippen LogP contribution in [0, 0.1) is 19.8 Å². The van der Waals surface area contributed by atoms with Crippen molar-refractivity contribution in [2.45, 2.75) is 32.9 Å². The molecule has 1 atom stereocenters. The molecule has 3 heterocycles. The van der Waals surface area contributed by atoms with E-state index in [0.717, 1.165) is 29.2 Å². The molecule has 2 aromatic heterocycles. The summed E-state index contributed by atoms with van der Waals surface area (Å²) in [5.41, 5.74) is 0.345. The van der Waals surface area contributed by atoms with Gasteiger partial charge in [0.15, 0.2) is 0 Å². The van der Waals surface area contributed by atoms with Crippen LogP contribution in [0.15, 0.2) is 35.0 Å². The van der Waals surface area contributed by atoms with Gasteiger partial charge in [-0.05, 0) is 38.8 Å². The lowest BCUT2D eigenvalue weighted by Gasteiger charge is -2.33. The van der Waals surface area contributed by atoms with Gasteiger partial charge in [0.05, 0.1) is 22.6 Å². The molecule has 3 aromatic rings. The number of halogens is 3. The number of carbonyl (C=O) groups is 1. The van der Waals surface area contributed by atoms with E-state index in [2.05, 4.69) is 15.3 Å². The molecule has 30 heavy (non-hydrogen) atoms. The van der Waals surface area contributed by atoms with E-state index >= 15 is 0 Å². The Bertz CT molecular complexity index is 1090. The van der Waals surface area contributed by atoms with Crippen LogP contribution in [-0.2, 0) is 11.0 Å². The molecule has 6 nitrogen and oxygen atoms in total. The Morgan fingerprint density at radius 1 is 1.23 bits per heavy atom. The van der Waals surface area contributed by atoms with Crippen LogP contribution in [0.4, 0.5) is 24.7 Å². The van der Waals surface area contributed by atoms with E-state index in [4.69, 9.17) is 4.42 Å². The van der Waals surface area contributed by atoms with Crippen LogP contribution in [0.2, 0.25) is 0 Å². The van der Waals surface area contributed by atoms with E-state index in [9.17, 15) is 18.0 Å². The quantitative estimate of drug-likeness (QED) is 0.667. The molecule has 0 spiro atoms. The smallest absolute Gasteiger partial charge is 0.418 e. The van der Waals surface area contributed by atoms with E-state index in [1.165, 1.54) is 24.5 Å². The van der Waals surface area contributed by atoms with E-state index in [-0.39, 0.29) is 5.69 Å². The summed E-state index contributed by atoms with van der Waals surface area (Å²) in [4.78, 5) is 23.4. The normalized spacial score (nSPS) is 17.4. The number of alkyl halides is 3. The number of furan rings is 1. The minimum Gasteiger partial charge on any atom is -0.443 e. The minimum atomic E-state index is -4.54. The number of nitrogens with one attached hydrogen (secondary N) is 1. The van der Waals surface area contributed by atoms with Crippen molar-refractivity contribution >= 4 is 28.5 Å². The van der Waals surface area contributed by atoms with Crippen molar-refractivity contribution in [3.8, 4) is 0 Å². The molecular formula is C21H21F3N4O2. The number of aromatic nitrogens is 2.